The van der Waals surface area contributed by atoms with E-state index in [2.05, 4.69) is 0 Å². The van der Waals surface area contributed by atoms with Crippen LogP contribution in [0.15, 0.2) is 24.3 Å². The highest BCUT2D eigenvalue weighted by Gasteiger charge is 2.13. The maximum absolute atomic E-state index is 10.7. The van der Waals surface area contributed by atoms with Gasteiger partial charge in [-0.15, -0.1) is 0 Å². The van der Waals surface area contributed by atoms with Gasteiger partial charge in [-0.2, -0.15) is 0 Å². The average Bonchev–Trinajstić information content (AvgIpc) is 2.30. The van der Waals surface area contributed by atoms with Gasteiger partial charge in [0, 0.05) is 13.7 Å². The highest BCUT2D eigenvalue weighted by molar-refractivity contribution is 5.72. The van der Waals surface area contributed by atoms with Gasteiger partial charge in [0.05, 0.1) is 19.7 Å². The molecule has 1 aromatic carbocycles. The third kappa shape index (κ3) is 5.98. The van der Waals surface area contributed by atoms with Gasteiger partial charge in [-0.3, -0.25) is 14.5 Å². The standard InChI is InChI=1S/C13H17NO5/c1-19-9-11-4-2-10(3-5-11)6-14(7-12(15)16)8-13(17)18/h2-5H,6-9H2,1H3,(H,15,16)(H,17,18). The zero-order valence-electron chi connectivity index (χ0n) is 10.7. The van der Waals surface area contributed by atoms with Crippen molar-refractivity contribution in [3.63, 3.8) is 0 Å². The molecule has 6 nitrogen and oxygen atoms in total. The molecular formula is C13H17NO5. The number of hydrogen-bond donors (Lipinski definition) is 2. The fraction of sp³-hybridized carbons (Fsp3) is 0.385. The molecule has 0 saturated carbocycles. The Bertz CT molecular complexity index is 413. The number of nitrogens with zero attached hydrogens (tertiary/aromatic N) is 1. The second-order valence-corrected chi connectivity index (χ2v) is 4.18. The minimum absolute atomic E-state index is 0.284. The molecule has 0 amide bonds. The number of carboxylic acid groups (broad SMARTS) is 2. The SMILES string of the molecule is COCc1ccc(CN(CC(=O)O)CC(=O)O)cc1. The number of ether oxygens (including phenoxy) is 1. The molecule has 1 rings (SSSR count). The first-order chi connectivity index (χ1) is 9.01. The van der Waals surface area contributed by atoms with Crippen molar-refractivity contribution in [1.29, 1.82) is 0 Å². The number of carboxylic acids is 2. The second kappa shape index (κ2) is 7.50. The summed E-state index contributed by atoms with van der Waals surface area (Å²) >= 11 is 0. The molecule has 0 radical (unpaired) electrons. The van der Waals surface area contributed by atoms with Crippen LogP contribution >= 0.6 is 0 Å². The Morgan fingerprint density at radius 2 is 1.53 bits per heavy atom. The zero-order chi connectivity index (χ0) is 14.3. The monoisotopic (exact) mass is 267 g/mol. The molecule has 0 aliphatic rings. The van der Waals surface area contributed by atoms with E-state index in [1.54, 1.807) is 7.11 Å². The van der Waals surface area contributed by atoms with Crippen LogP contribution in [0.4, 0.5) is 0 Å². The molecule has 2 N–H and O–H groups in total. The molecular weight excluding hydrogens is 250 g/mol. The molecule has 0 saturated heterocycles. The number of hydrogen-bond acceptors (Lipinski definition) is 4. The minimum atomic E-state index is -1.04. The van der Waals surface area contributed by atoms with E-state index in [-0.39, 0.29) is 19.6 Å². The molecule has 0 fully saturated rings. The molecule has 6 heteroatoms. The quantitative estimate of drug-likeness (QED) is 0.724. The largest absolute Gasteiger partial charge is 0.480 e. The van der Waals surface area contributed by atoms with Crippen molar-refractivity contribution in [3.8, 4) is 0 Å². The van der Waals surface area contributed by atoms with Crippen molar-refractivity contribution in [1.82, 2.24) is 4.90 Å². The lowest BCUT2D eigenvalue weighted by Gasteiger charge is -2.18. The van der Waals surface area contributed by atoms with Crippen LogP contribution in [0, 0.1) is 0 Å². The Kier molecular flexibility index (Phi) is 5.98. The van der Waals surface area contributed by atoms with E-state index in [1.165, 1.54) is 4.90 Å². The third-order valence-electron chi connectivity index (χ3n) is 2.46. The summed E-state index contributed by atoms with van der Waals surface area (Å²) < 4.78 is 4.99. The van der Waals surface area contributed by atoms with E-state index >= 15 is 0 Å². The fourth-order valence-electron chi connectivity index (χ4n) is 1.72. The summed E-state index contributed by atoms with van der Waals surface area (Å²) in [6, 6.07) is 7.42. The van der Waals surface area contributed by atoms with E-state index in [0.717, 1.165) is 11.1 Å². The predicted molar refractivity (Wildman–Crippen MR) is 67.7 cm³/mol. The van der Waals surface area contributed by atoms with E-state index in [1.807, 2.05) is 24.3 Å². The van der Waals surface area contributed by atoms with Crippen LogP contribution < -0.4 is 0 Å². The molecule has 0 aromatic heterocycles. The van der Waals surface area contributed by atoms with E-state index in [4.69, 9.17) is 14.9 Å². The molecule has 0 aliphatic carbocycles. The van der Waals surface area contributed by atoms with Crippen LogP contribution in [0.1, 0.15) is 11.1 Å². The minimum Gasteiger partial charge on any atom is -0.480 e. The summed E-state index contributed by atoms with van der Waals surface area (Å²) in [4.78, 5) is 22.7. The van der Waals surface area contributed by atoms with Crippen molar-refractivity contribution in [2.24, 2.45) is 0 Å². The summed E-state index contributed by atoms with van der Waals surface area (Å²) in [5, 5.41) is 17.5. The first kappa shape index (κ1) is 15.1. The molecule has 1 aromatic rings. The smallest absolute Gasteiger partial charge is 0.317 e. The maximum atomic E-state index is 10.7. The van der Waals surface area contributed by atoms with Gasteiger partial charge in [0.1, 0.15) is 0 Å². The topological polar surface area (TPSA) is 87.1 Å². The van der Waals surface area contributed by atoms with E-state index < -0.39 is 11.9 Å². The zero-order valence-corrected chi connectivity index (χ0v) is 10.7. The van der Waals surface area contributed by atoms with Gasteiger partial charge in [0.15, 0.2) is 0 Å². The Labute approximate surface area is 111 Å². The van der Waals surface area contributed by atoms with Gasteiger partial charge in [0.2, 0.25) is 0 Å². The fourth-order valence-corrected chi connectivity index (χ4v) is 1.72. The van der Waals surface area contributed by atoms with E-state index in [0.29, 0.717) is 6.61 Å². The molecule has 0 atom stereocenters. The van der Waals surface area contributed by atoms with Gasteiger partial charge >= 0.3 is 11.9 Å². The summed E-state index contributed by atoms with van der Waals surface area (Å²) in [5.41, 5.74) is 1.87. The Morgan fingerprint density at radius 1 is 1.05 bits per heavy atom. The number of rotatable bonds is 8. The molecule has 0 heterocycles. The lowest BCUT2D eigenvalue weighted by Crippen LogP contribution is -2.33. The van der Waals surface area contributed by atoms with Crippen LogP contribution in [-0.2, 0) is 27.5 Å². The van der Waals surface area contributed by atoms with Gasteiger partial charge in [-0.05, 0) is 11.1 Å². The Hall–Kier alpha value is -1.92. The van der Waals surface area contributed by atoms with Gasteiger partial charge in [0.25, 0.3) is 0 Å². The number of aliphatic carboxylic acids is 2. The summed E-state index contributed by atoms with van der Waals surface area (Å²) in [6.45, 7) is 0.193. The molecule has 0 bridgehead atoms. The van der Waals surface area contributed by atoms with Crippen LogP contribution in [0.25, 0.3) is 0 Å². The molecule has 104 valence electrons. The van der Waals surface area contributed by atoms with Crippen molar-refractivity contribution < 1.29 is 24.5 Å². The maximum Gasteiger partial charge on any atom is 0.317 e. The normalized spacial score (nSPS) is 10.6. The molecule has 0 aliphatic heterocycles. The van der Waals surface area contributed by atoms with Crippen LogP contribution in [-0.4, -0.2) is 47.3 Å². The first-order valence-corrected chi connectivity index (χ1v) is 5.74. The number of methoxy groups -OCH3 is 1. The number of carbonyl (C=O) groups is 2. The second-order valence-electron chi connectivity index (χ2n) is 4.18. The lowest BCUT2D eigenvalue weighted by molar-refractivity contribution is -0.142. The van der Waals surface area contributed by atoms with Crippen LogP contribution in [0.2, 0.25) is 0 Å². The van der Waals surface area contributed by atoms with Crippen LogP contribution in [0.3, 0.4) is 0 Å². The van der Waals surface area contributed by atoms with Crippen LogP contribution in [0.5, 0.6) is 0 Å². The van der Waals surface area contributed by atoms with Gasteiger partial charge in [-0.25, -0.2) is 0 Å². The molecule has 0 spiro atoms. The van der Waals surface area contributed by atoms with E-state index in [9.17, 15) is 9.59 Å². The molecule has 19 heavy (non-hydrogen) atoms. The lowest BCUT2D eigenvalue weighted by atomic mass is 10.1. The van der Waals surface area contributed by atoms with Crippen molar-refractivity contribution in [3.05, 3.63) is 35.4 Å². The van der Waals surface area contributed by atoms with Crippen molar-refractivity contribution in [2.45, 2.75) is 13.2 Å². The number of benzene rings is 1. The van der Waals surface area contributed by atoms with Gasteiger partial charge in [-0.1, -0.05) is 24.3 Å². The van der Waals surface area contributed by atoms with Crippen molar-refractivity contribution >= 4 is 11.9 Å². The highest BCUT2D eigenvalue weighted by Crippen LogP contribution is 2.08. The predicted octanol–water partition coefficient (Wildman–Crippen LogP) is 0.804. The first-order valence-electron chi connectivity index (χ1n) is 5.74. The highest BCUT2D eigenvalue weighted by atomic mass is 16.5. The summed E-state index contributed by atoms with van der Waals surface area (Å²) in [6.07, 6.45) is 0. The van der Waals surface area contributed by atoms with Gasteiger partial charge < -0.3 is 14.9 Å². The Morgan fingerprint density at radius 3 is 1.95 bits per heavy atom. The average molecular weight is 267 g/mol. The molecule has 0 unspecified atom stereocenters. The summed E-state index contributed by atoms with van der Waals surface area (Å²) in [7, 11) is 1.61. The Balaban J connectivity index is 2.66. The summed E-state index contributed by atoms with van der Waals surface area (Å²) in [5.74, 6) is -2.09. The van der Waals surface area contributed by atoms with Crippen molar-refractivity contribution in [2.75, 3.05) is 20.2 Å². The third-order valence-corrected chi connectivity index (χ3v) is 2.46.